The summed E-state index contributed by atoms with van der Waals surface area (Å²) in [6, 6.07) is 13.4. The van der Waals surface area contributed by atoms with Crippen LogP contribution >= 0.6 is 11.8 Å². The Hall–Kier alpha value is -3.40. The molecule has 0 amide bonds. The summed E-state index contributed by atoms with van der Waals surface area (Å²) in [5.41, 5.74) is 5.59. The molecule has 1 aliphatic carbocycles. The van der Waals surface area contributed by atoms with Gasteiger partial charge in [0.1, 0.15) is 11.5 Å². The van der Waals surface area contributed by atoms with Crippen molar-refractivity contribution in [3.05, 3.63) is 77.1 Å². The van der Waals surface area contributed by atoms with Crippen molar-refractivity contribution in [3.8, 4) is 28.6 Å². The van der Waals surface area contributed by atoms with Crippen LogP contribution in [0, 0.1) is 0 Å². The predicted molar refractivity (Wildman–Crippen MR) is 140 cm³/mol. The molecule has 2 N–H and O–H groups in total. The summed E-state index contributed by atoms with van der Waals surface area (Å²) in [5.74, 6) is 0.698. The molecule has 0 bridgehead atoms. The first-order chi connectivity index (χ1) is 17.9. The van der Waals surface area contributed by atoms with Gasteiger partial charge in [-0.25, -0.2) is 0 Å². The Morgan fingerprint density at radius 3 is 2.57 bits per heavy atom. The lowest BCUT2D eigenvalue weighted by molar-refractivity contribution is -0.147. The number of nitrogens with zero attached hydrogens (tertiary/aromatic N) is 4. The van der Waals surface area contributed by atoms with E-state index in [0.717, 1.165) is 23.2 Å². The molecule has 8 nitrogen and oxygen atoms in total. The van der Waals surface area contributed by atoms with Gasteiger partial charge in [-0.1, -0.05) is 37.7 Å². The third-order valence-electron chi connectivity index (χ3n) is 6.91. The number of benzene rings is 2. The monoisotopic (exact) mass is 516 g/mol. The maximum absolute atomic E-state index is 10.8. The van der Waals surface area contributed by atoms with Crippen LogP contribution < -0.4 is 0 Å². The van der Waals surface area contributed by atoms with E-state index in [1.165, 1.54) is 17.2 Å². The van der Waals surface area contributed by atoms with E-state index in [4.69, 9.17) is 9.47 Å². The minimum Gasteiger partial charge on any atom is -0.508 e. The van der Waals surface area contributed by atoms with Crippen molar-refractivity contribution in [2.24, 2.45) is 0 Å². The average Bonchev–Trinajstić information content (AvgIpc) is 3.61. The summed E-state index contributed by atoms with van der Waals surface area (Å²) in [6.45, 7) is 5.23. The van der Waals surface area contributed by atoms with Crippen LogP contribution in [-0.2, 0) is 28.1 Å². The quantitative estimate of drug-likeness (QED) is 0.345. The molecule has 37 heavy (non-hydrogen) atoms. The zero-order chi connectivity index (χ0) is 25.6. The van der Waals surface area contributed by atoms with Gasteiger partial charge in [-0.05, 0) is 52.4 Å². The Kier molecular flexibility index (Phi) is 6.14. The topological polar surface area (TPSA) is 103 Å². The lowest BCUT2D eigenvalue weighted by atomic mass is 9.98. The number of hydrogen-bond acceptors (Lipinski definition) is 8. The number of ether oxygens (including phenoxy) is 2. The molecule has 2 aromatic heterocycles. The molecule has 6 rings (SSSR count). The second-order valence-corrected chi connectivity index (χ2v) is 10.7. The normalized spacial score (nSPS) is 16.1. The van der Waals surface area contributed by atoms with Crippen molar-refractivity contribution in [2.45, 2.75) is 49.3 Å². The summed E-state index contributed by atoms with van der Waals surface area (Å²) in [5, 5.41) is 31.0. The number of thioether (sulfide) groups is 1. The Labute approximate surface area is 219 Å². The molecule has 0 unspecified atom stereocenters. The van der Waals surface area contributed by atoms with E-state index in [-0.39, 0.29) is 17.4 Å². The van der Waals surface area contributed by atoms with Gasteiger partial charge < -0.3 is 19.7 Å². The van der Waals surface area contributed by atoms with Gasteiger partial charge >= 0.3 is 0 Å². The highest BCUT2D eigenvalue weighted by atomic mass is 32.2. The second kappa shape index (κ2) is 9.48. The van der Waals surface area contributed by atoms with Crippen molar-refractivity contribution in [3.63, 3.8) is 0 Å². The highest BCUT2D eigenvalue weighted by Gasteiger charge is 2.42. The fourth-order valence-electron chi connectivity index (χ4n) is 5.07. The van der Waals surface area contributed by atoms with Gasteiger partial charge in [0.15, 0.2) is 16.8 Å². The standard InChI is InChI=1S/C28H28N4O4S/c1-17(2)22-11-23(25(34)12-24(22)33)26-30-31-27(37-16-18-4-3-7-29-15-18)32(26)21-6-5-19-13-28(14-20(19)10-21)35-8-9-36-28/h3-7,10-12,15,17,33-34H,8-9,13-14,16H2,1-2H3. The Morgan fingerprint density at radius 2 is 1.81 bits per heavy atom. The fraction of sp³-hybridized carbons (Fsp3) is 0.321. The van der Waals surface area contributed by atoms with Crippen molar-refractivity contribution in [1.29, 1.82) is 0 Å². The molecule has 1 fully saturated rings. The summed E-state index contributed by atoms with van der Waals surface area (Å²) in [6.07, 6.45) is 5.01. The van der Waals surface area contributed by atoms with Crippen LogP contribution in [0.2, 0.25) is 0 Å². The number of phenolic OH excluding ortho intramolecular Hbond substituents is 2. The van der Waals surface area contributed by atoms with Crippen molar-refractivity contribution >= 4 is 11.8 Å². The minimum atomic E-state index is -0.559. The van der Waals surface area contributed by atoms with Crippen LogP contribution in [-0.4, -0.2) is 49.0 Å². The lowest BCUT2D eigenvalue weighted by Gasteiger charge is -2.20. The smallest absolute Gasteiger partial charge is 0.196 e. The molecule has 1 aliphatic heterocycles. The molecular formula is C28H28N4O4S. The maximum Gasteiger partial charge on any atom is 0.196 e. The van der Waals surface area contributed by atoms with E-state index in [0.29, 0.717) is 41.9 Å². The molecule has 1 saturated heterocycles. The van der Waals surface area contributed by atoms with Crippen molar-refractivity contribution in [2.75, 3.05) is 13.2 Å². The first-order valence-corrected chi connectivity index (χ1v) is 13.3. The van der Waals surface area contributed by atoms with E-state index >= 15 is 0 Å². The molecule has 190 valence electrons. The number of fused-ring (bicyclic) bond motifs is 1. The van der Waals surface area contributed by atoms with Gasteiger partial charge in [0.25, 0.3) is 0 Å². The van der Waals surface area contributed by atoms with E-state index in [1.807, 2.05) is 36.7 Å². The molecule has 2 aliphatic rings. The maximum atomic E-state index is 10.8. The van der Waals surface area contributed by atoms with Gasteiger partial charge in [0.05, 0.1) is 24.5 Å². The first-order valence-electron chi connectivity index (χ1n) is 12.4. The number of rotatable bonds is 6. The van der Waals surface area contributed by atoms with E-state index in [2.05, 4.69) is 33.4 Å². The molecule has 9 heteroatoms. The van der Waals surface area contributed by atoms with Crippen LogP contribution in [0.25, 0.3) is 17.1 Å². The van der Waals surface area contributed by atoms with E-state index in [9.17, 15) is 10.2 Å². The number of phenols is 2. The molecular weight excluding hydrogens is 488 g/mol. The largest absolute Gasteiger partial charge is 0.508 e. The van der Waals surface area contributed by atoms with Gasteiger partial charge in [0, 0.05) is 37.1 Å². The van der Waals surface area contributed by atoms with Crippen LogP contribution in [0.15, 0.2) is 60.0 Å². The number of aromatic hydroxyl groups is 2. The molecule has 0 saturated carbocycles. The fourth-order valence-corrected chi connectivity index (χ4v) is 5.96. The Balaban J connectivity index is 1.44. The first kappa shape index (κ1) is 24.0. The van der Waals surface area contributed by atoms with Crippen LogP contribution in [0.1, 0.15) is 42.0 Å². The highest BCUT2D eigenvalue weighted by molar-refractivity contribution is 7.98. The second-order valence-electron chi connectivity index (χ2n) is 9.79. The van der Waals surface area contributed by atoms with Crippen LogP contribution in [0.4, 0.5) is 0 Å². The third kappa shape index (κ3) is 4.47. The van der Waals surface area contributed by atoms with Gasteiger partial charge in [-0.2, -0.15) is 0 Å². The van der Waals surface area contributed by atoms with Crippen LogP contribution in [0.3, 0.4) is 0 Å². The van der Waals surface area contributed by atoms with E-state index < -0.39 is 5.79 Å². The molecule has 0 atom stereocenters. The van der Waals surface area contributed by atoms with Crippen molar-refractivity contribution in [1.82, 2.24) is 19.7 Å². The summed E-state index contributed by atoms with van der Waals surface area (Å²) >= 11 is 1.55. The summed E-state index contributed by atoms with van der Waals surface area (Å²) in [4.78, 5) is 4.21. The zero-order valence-corrected chi connectivity index (χ0v) is 21.5. The van der Waals surface area contributed by atoms with Crippen molar-refractivity contribution < 1.29 is 19.7 Å². The number of aromatic nitrogens is 4. The minimum absolute atomic E-state index is 0.0489. The van der Waals surface area contributed by atoms with E-state index in [1.54, 1.807) is 24.0 Å². The molecule has 2 aromatic carbocycles. The third-order valence-corrected chi connectivity index (χ3v) is 7.91. The Morgan fingerprint density at radius 1 is 1.00 bits per heavy atom. The van der Waals surface area contributed by atoms with Crippen LogP contribution in [0.5, 0.6) is 11.5 Å². The van der Waals surface area contributed by atoms with Gasteiger partial charge in [-0.3, -0.25) is 9.55 Å². The lowest BCUT2D eigenvalue weighted by Crippen LogP contribution is -2.30. The SMILES string of the molecule is CC(C)c1cc(-c2nnc(SCc3cccnc3)n2-c2ccc3c(c2)CC2(C3)OCCO2)c(O)cc1O. The number of pyridine rings is 1. The zero-order valence-electron chi connectivity index (χ0n) is 20.7. The average molecular weight is 517 g/mol. The number of hydrogen-bond donors (Lipinski definition) is 2. The molecule has 3 heterocycles. The molecule has 1 spiro atoms. The predicted octanol–water partition coefficient (Wildman–Crippen LogP) is 5.00. The highest BCUT2D eigenvalue weighted by Crippen LogP contribution is 2.41. The molecule has 0 radical (unpaired) electrons. The summed E-state index contributed by atoms with van der Waals surface area (Å²) < 4.78 is 13.9. The Bertz CT molecular complexity index is 1450. The van der Waals surface area contributed by atoms with Gasteiger partial charge in [-0.15, -0.1) is 10.2 Å². The molecule has 4 aromatic rings. The summed E-state index contributed by atoms with van der Waals surface area (Å²) in [7, 11) is 0. The van der Waals surface area contributed by atoms with Gasteiger partial charge in [0.2, 0.25) is 0 Å².